The van der Waals surface area contributed by atoms with E-state index in [9.17, 15) is 9.32 Å². The van der Waals surface area contributed by atoms with Crippen LogP contribution < -0.4 is 5.32 Å². The van der Waals surface area contributed by atoms with Crippen molar-refractivity contribution < 1.29 is 9.32 Å². The normalized spacial score (nSPS) is 43.5. The maximum absolute atomic E-state index is 11.2. The molecule has 1 aliphatic carbocycles. The third-order valence-electron chi connectivity index (χ3n) is 4.31. The van der Waals surface area contributed by atoms with Crippen LogP contribution in [0.4, 0.5) is 0 Å². The molecule has 0 aromatic rings. The van der Waals surface area contributed by atoms with Crippen LogP contribution in [0.15, 0.2) is 0 Å². The summed E-state index contributed by atoms with van der Waals surface area (Å²) in [5.41, 5.74) is -0.483. The van der Waals surface area contributed by atoms with E-state index in [1.165, 1.54) is 0 Å². The largest absolute Gasteiger partial charge is 0.389 e. The second-order valence-corrected chi connectivity index (χ2v) is 7.61. The molecule has 100 valence electrons. The Balaban J connectivity index is 1.72. The Morgan fingerprint density at radius 1 is 1.24 bits per heavy atom. The second kappa shape index (κ2) is 5.81. The van der Waals surface area contributed by atoms with Crippen molar-refractivity contribution in [3.05, 3.63) is 0 Å². The molecule has 2 fully saturated rings. The zero-order valence-electron chi connectivity index (χ0n) is 10.8. The lowest BCUT2D eigenvalue weighted by molar-refractivity contribution is -0.00834. The lowest BCUT2D eigenvalue weighted by Crippen LogP contribution is -2.47. The van der Waals surface area contributed by atoms with Gasteiger partial charge in [-0.1, -0.05) is 6.92 Å². The van der Waals surface area contributed by atoms with Gasteiger partial charge in [0.15, 0.2) is 0 Å². The van der Waals surface area contributed by atoms with Crippen LogP contribution in [0.3, 0.4) is 0 Å². The van der Waals surface area contributed by atoms with Gasteiger partial charge in [0.2, 0.25) is 0 Å². The van der Waals surface area contributed by atoms with E-state index in [0.29, 0.717) is 6.04 Å². The van der Waals surface area contributed by atoms with Crippen molar-refractivity contribution in [3.63, 3.8) is 0 Å². The molecule has 2 N–H and O–H groups in total. The highest BCUT2D eigenvalue weighted by Crippen LogP contribution is 2.31. The average Bonchev–Trinajstić information content (AvgIpc) is 2.33. The monoisotopic (exact) mass is 259 g/mol. The molecule has 0 aromatic heterocycles. The van der Waals surface area contributed by atoms with Crippen LogP contribution in [0.1, 0.15) is 45.4 Å². The summed E-state index contributed by atoms with van der Waals surface area (Å²) in [6, 6.07) is 0.469. The molecule has 0 spiro atoms. The van der Waals surface area contributed by atoms with Gasteiger partial charge in [-0.2, -0.15) is 0 Å². The molecule has 2 aliphatic rings. The molecule has 0 unspecified atom stereocenters. The minimum absolute atomic E-state index is 0.469. The van der Waals surface area contributed by atoms with E-state index in [4.69, 9.17) is 0 Å². The number of aliphatic hydroxyl groups is 1. The van der Waals surface area contributed by atoms with Crippen LogP contribution >= 0.6 is 0 Å². The summed E-state index contributed by atoms with van der Waals surface area (Å²) in [6.45, 7) is 2.99. The summed E-state index contributed by atoms with van der Waals surface area (Å²) < 4.78 is 11.2. The van der Waals surface area contributed by atoms with Crippen molar-refractivity contribution in [3.8, 4) is 0 Å². The standard InChI is InChI=1S/C13H25NO2S/c1-11-2-6-13(15,7-3-11)10-14-12-4-8-17(16)9-5-12/h11-12,14-15H,2-10H2,1H3. The summed E-state index contributed by atoms with van der Waals surface area (Å²) in [4.78, 5) is 0. The Morgan fingerprint density at radius 3 is 2.41 bits per heavy atom. The van der Waals surface area contributed by atoms with Gasteiger partial charge < -0.3 is 10.4 Å². The van der Waals surface area contributed by atoms with Gasteiger partial charge >= 0.3 is 0 Å². The predicted molar refractivity (Wildman–Crippen MR) is 71.5 cm³/mol. The van der Waals surface area contributed by atoms with E-state index in [-0.39, 0.29) is 0 Å². The van der Waals surface area contributed by atoms with Gasteiger partial charge in [-0.15, -0.1) is 0 Å². The first kappa shape index (κ1) is 13.5. The van der Waals surface area contributed by atoms with E-state index in [1.54, 1.807) is 0 Å². The minimum atomic E-state index is -0.587. The number of nitrogens with one attached hydrogen (secondary N) is 1. The lowest BCUT2D eigenvalue weighted by atomic mass is 9.79. The third kappa shape index (κ3) is 4.04. The van der Waals surface area contributed by atoms with Gasteiger partial charge in [0.05, 0.1) is 5.60 Å². The minimum Gasteiger partial charge on any atom is -0.389 e. The smallest absolute Gasteiger partial charge is 0.0771 e. The third-order valence-corrected chi connectivity index (χ3v) is 5.69. The Hall–Kier alpha value is 0.0700. The molecule has 0 atom stereocenters. The van der Waals surface area contributed by atoms with E-state index in [2.05, 4.69) is 12.2 Å². The number of rotatable bonds is 3. The number of hydrogen-bond acceptors (Lipinski definition) is 3. The van der Waals surface area contributed by atoms with E-state index in [0.717, 1.165) is 62.5 Å². The van der Waals surface area contributed by atoms with Gasteiger partial charge in [-0.05, 0) is 44.4 Å². The second-order valence-electron chi connectivity index (χ2n) is 5.91. The van der Waals surface area contributed by atoms with Crippen molar-refractivity contribution in [2.24, 2.45) is 5.92 Å². The Bertz CT molecular complexity index is 265. The van der Waals surface area contributed by atoms with Crippen molar-refractivity contribution in [1.29, 1.82) is 0 Å². The van der Waals surface area contributed by atoms with Crippen molar-refractivity contribution in [1.82, 2.24) is 5.32 Å². The zero-order chi connectivity index (χ0) is 12.3. The molecule has 1 saturated heterocycles. The molecule has 17 heavy (non-hydrogen) atoms. The fraction of sp³-hybridized carbons (Fsp3) is 1.00. The maximum Gasteiger partial charge on any atom is 0.0771 e. The molecule has 0 radical (unpaired) electrons. The first-order valence-corrected chi connectivity index (χ1v) is 8.37. The summed E-state index contributed by atoms with van der Waals surface area (Å²) in [6.07, 6.45) is 6.15. The van der Waals surface area contributed by atoms with Gasteiger partial charge in [0.25, 0.3) is 0 Å². The topological polar surface area (TPSA) is 49.3 Å². The molecule has 0 amide bonds. The Kier molecular flexibility index (Phi) is 4.61. The summed E-state index contributed by atoms with van der Waals surface area (Å²) in [5.74, 6) is 2.42. The van der Waals surface area contributed by atoms with E-state index >= 15 is 0 Å². The van der Waals surface area contributed by atoms with Crippen LogP contribution in [0.2, 0.25) is 0 Å². The molecule has 4 heteroatoms. The van der Waals surface area contributed by atoms with Crippen LogP contribution in [-0.2, 0) is 10.8 Å². The fourth-order valence-electron chi connectivity index (χ4n) is 2.81. The summed E-state index contributed by atoms with van der Waals surface area (Å²) in [5, 5.41) is 13.9. The highest BCUT2D eigenvalue weighted by atomic mass is 32.2. The molecule has 0 bridgehead atoms. The Labute approximate surface area is 107 Å². The van der Waals surface area contributed by atoms with E-state index in [1.807, 2.05) is 0 Å². The van der Waals surface area contributed by atoms with Crippen LogP contribution in [0.5, 0.6) is 0 Å². The van der Waals surface area contributed by atoms with Crippen LogP contribution in [-0.4, -0.2) is 39.0 Å². The highest BCUT2D eigenvalue weighted by molar-refractivity contribution is 7.85. The average molecular weight is 259 g/mol. The van der Waals surface area contributed by atoms with Crippen molar-refractivity contribution in [2.45, 2.75) is 57.1 Å². The first-order valence-electron chi connectivity index (χ1n) is 6.88. The molecular formula is C13H25NO2S. The Morgan fingerprint density at radius 2 is 1.82 bits per heavy atom. The lowest BCUT2D eigenvalue weighted by Gasteiger charge is -2.36. The SMILES string of the molecule is CC1CCC(O)(CNC2CCS(=O)CC2)CC1. The molecule has 1 saturated carbocycles. The van der Waals surface area contributed by atoms with Gasteiger partial charge in [-0.3, -0.25) is 4.21 Å². The predicted octanol–water partition coefficient (Wildman–Crippen LogP) is 1.43. The van der Waals surface area contributed by atoms with E-state index < -0.39 is 16.4 Å². The van der Waals surface area contributed by atoms with Crippen LogP contribution in [0.25, 0.3) is 0 Å². The molecular weight excluding hydrogens is 234 g/mol. The molecule has 1 aliphatic heterocycles. The fourth-order valence-corrected chi connectivity index (χ4v) is 4.11. The molecule has 3 nitrogen and oxygen atoms in total. The van der Waals surface area contributed by atoms with Gasteiger partial charge in [0.1, 0.15) is 0 Å². The maximum atomic E-state index is 11.2. The highest BCUT2D eigenvalue weighted by Gasteiger charge is 2.32. The van der Waals surface area contributed by atoms with Gasteiger partial charge in [0, 0.05) is 34.9 Å². The van der Waals surface area contributed by atoms with Gasteiger partial charge in [-0.25, -0.2) is 0 Å². The molecule has 2 rings (SSSR count). The number of hydrogen-bond donors (Lipinski definition) is 2. The quantitative estimate of drug-likeness (QED) is 0.806. The first-order chi connectivity index (χ1) is 8.07. The van der Waals surface area contributed by atoms with Crippen molar-refractivity contribution in [2.75, 3.05) is 18.1 Å². The van der Waals surface area contributed by atoms with Crippen LogP contribution in [0, 0.1) is 5.92 Å². The summed E-state index contributed by atoms with van der Waals surface area (Å²) in [7, 11) is -0.587. The molecule has 1 heterocycles. The molecule has 0 aromatic carbocycles. The van der Waals surface area contributed by atoms with Crippen molar-refractivity contribution >= 4 is 10.8 Å². The summed E-state index contributed by atoms with van der Waals surface area (Å²) >= 11 is 0. The zero-order valence-corrected chi connectivity index (χ0v) is 11.6.